The predicted molar refractivity (Wildman–Crippen MR) is 98.5 cm³/mol. The summed E-state index contributed by atoms with van der Waals surface area (Å²) < 4.78 is 1.78. The lowest BCUT2D eigenvalue weighted by Gasteiger charge is -2.33. The fourth-order valence-corrected chi connectivity index (χ4v) is 3.54. The molecular weight excluding hydrogens is 312 g/mol. The van der Waals surface area contributed by atoms with Crippen molar-refractivity contribution in [3.8, 4) is 0 Å². The highest BCUT2D eigenvalue weighted by molar-refractivity contribution is 5.43. The van der Waals surface area contributed by atoms with Crippen molar-refractivity contribution in [1.82, 2.24) is 24.7 Å². The summed E-state index contributed by atoms with van der Waals surface area (Å²) in [5.74, 6) is 2.35. The van der Waals surface area contributed by atoms with Gasteiger partial charge in [0.15, 0.2) is 11.5 Å². The van der Waals surface area contributed by atoms with Crippen molar-refractivity contribution in [3.05, 3.63) is 53.9 Å². The van der Waals surface area contributed by atoms with Crippen molar-refractivity contribution >= 4 is 11.5 Å². The topological polar surface area (TPSA) is 58.4 Å². The molecule has 0 aliphatic carbocycles. The molecular formula is C19H24N6. The van der Waals surface area contributed by atoms with E-state index in [2.05, 4.69) is 55.8 Å². The van der Waals surface area contributed by atoms with Gasteiger partial charge in [-0.3, -0.25) is 4.90 Å². The van der Waals surface area contributed by atoms with Crippen LogP contribution < -0.4 is 5.32 Å². The Morgan fingerprint density at radius 3 is 2.88 bits per heavy atom. The monoisotopic (exact) mass is 336 g/mol. The van der Waals surface area contributed by atoms with Gasteiger partial charge in [0.05, 0.1) is 0 Å². The number of likely N-dealkylation sites (tertiary alicyclic amines) is 1. The van der Waals surface area contributed by atoms with Crippen molar-refractivity contribution in [2.24, 2.45) is 5.92 Å². The lowest BCUT2D eigenvalue weighted by molar-refractivity contribution is 0.173. The number of fused-ring (bicyclic) bond motifs is 1. The van der Waals surface area contributed by atoms with E-state index in [0.717, 1.165) is 36.9 Å². The number of hydrogen-bond acceptors (Lipinski definition) is 5. The Bertz CT molecular complexity index is 828. The Kier molecular flexibility index (Phi) is 4.61. The van der Waals surface area contributed by atoms with E-state index in [-0.39, 0.29) is 0 Å². The van der Waals surface area contributed by atoms with E-state index in [0.29, 0.717) is 5.92 Å². The third-order valence-electron chi connectivity index (χ3n) is 4.84. The van der Waals surface area contributed by atoms with Crippen molar-refractivity contribution in [1.29, 1.82) is 0 Å². The number of nitrogens with one attached hydrogen (secondary N) is 1. The molecule has 6 heteroatoms. The molecule has 1 aromatic carbocycles. The Hall–Kier alpha value is -2.47. The van der Waals surface area contributed by atoms with Gasteiger partial charge >= 0.3 is 0 Å². The zero-order valence-electron chi connectivity index (χ0n) is 14.6. The van der Waals surface area contributed by atoms with Gasteiger partial charge in [-0.2, -0.15) is 4.52 Å². The van der Waals surface area contributed by atoms with E-state index >= 15 is 0 Å². The molecule has 2 aromatic heterocycles. The summed E-state index contributed by atoms with van der Waals surface area (Å²) in [5, 5.41) is 16.2. The Morgan fingerprint density at radius 1 is 1.12 bits per heavy atom. The molecule has 0 amide bonds. The minimum atomic E-state index is 0.650. The highest BCUT2D eigenvalue weighted by atomic mass is 15.4. The lowest BCUT2D eigenvalue weighted by Crippen LogP contribution is -2.37. The normalized spacial score (nSPS) is 18.5. The van der Waals surface area contributed by atoms with Gasteiger partial charge in [0, 0.05) is 19.6 Å². The lowest BCUT2D eigenvalue weighted by atomic mass is 9.97. The van der Waals surface area contributed by atoms with E-state index in [4.69, 9.17) is 0 Å². The van der Waals surface area contributed by atoms with E-state index in [1.54, 1.807) is 4.52 Å². The van der Waals surface area contributed by atoms with E-state index in [1.165, 1.54) is 24.9 Å². The number of piperidine rings is 1. The molecule has 25 heavy (non-hydrogen) atoms. The van der Waals surface area contributed by atoms with Crippen LogP contribution in [0.15, 0.2) is 42.5 Å². The number of aryl methyl sites for hydroxylation is 1. The van der Waals surface area contributed by atoms with Crippen LogP contribution in [0.1, 0.15) is 24.2 Å². The molecule has 1 aliphatic heterocycles. The van der Waals surface area contributed by atoms with Crippen molar-refractivity contribution in [2.75, 3.05) is 25.0 Å². The van der Waals surface area contributed by atoms with Gasteiger partial charge in [0.2, 0.25) is 0 Å². The summed E-state index contributed by atoms with van der Waals surface area (Å²) in [4.78, 5) is 2.56. The van der Waals surface area contributed by atoms with Gasteiger partial charge < -0.3 is 5.32 Å². The molecule has 3 aromatic rings. The molecule has 4 rings (SSSR count). The maximum absolute atomic E-state index is 4.57. The van der Waals surface area contributed by atoms with E-state index in [9.17, 15) is 0 Å². The quantitative estimate of drug-likeness (QED) is 0.776. The zero-order chi connectivity index (χ0) is 17.1. The van der Waals surface area contributed by atoms with Crippen LogP contribution in [0.25, 0.3) is 5.65 Å². The summed E-state index contributed by atoms with van der Waals surface area (Å²) >= 11 is 0. The van der Waals surface area contributed by atoms with Crippen LogP contribution in [0.3, 0.4) is 0 Å². The smallest absolute Gasteiger partial charge is 0.178 e. The summed E-state index contributed by atoms with van der Waals surface area (Å²) in [6, 6.07) is 14.7. The molecule has 0 saturated carbocycles. The minimum Gasteiger partial charge on any atom is -0.368 e. The van der Waals surface area contributed by atoms with Crippen molar-refractivity contribution < 1.29 is 0 Å². The number of rotatable bonds is 5. The van der Waals surface area contributed by atoms with Gasteiger partial charge in [-0.15, -0.1) is 15.3 Å². The third-order valence-corrected chi connectivity index (χ3v) is 4.84. The van der Waals surface area contributed by atoms with Crippen LogP contribution in [-0.2, 0) is 6.54 Å². The first-order valence-electron chi connectivity index (χ1n) is 8.97. The first kappa shape index (κ1) is 16.0. The fraction of sp³-hybridized carbons (Fsp3) is 0.421. The number of benzene rings is 1. The SMILES string of the molecule is Cc1nnc2ccc(NC[C@@H]3CCCN(Cc4ccccc4)C3)nn12. The molecule has 1 N–H and O–H groups in total. The average molecular weight is 336 g/mol. The Balaban J connectivity index is 1.34. The van der Waals surface area contributed by atoms with E-state index < -0.39 is 0 Å². The van der Waals surface area contributed by atoms with Gasteiger partial charge in [-0.25, -0.2) is 0 Å². The van der Waals surface area contributed by atoms with Gasteiger partial charge in [-0.05, 0) is 49.9 Å². The van der Waals surface area contributed by atoms with Gasteiger partial charge in [0.25, 0.3) is 0 Å². The highest BCUT2D eigenvalue weighted by Crippen LogP contribution is 2.19. The number of nitrogens with zero attached hydrogens (tertiary/aromatic N) is 5. The second kappa shape index (κ2) is 7.19. The summed E-state index contributed by atoms with van der Waals surface area (Å²) in [7, 11) is 0. The summed E-state index contributed by atoms with van der Waals surface area (Å²) in [6.07, 6.45) is 2.53. The zero-order valence-corrected chi connectivity index (χ0v) is 14.6. The number of aromatic nitrogens is 4. The third kappa shape index (κ3) is 3.79. The van der Waals surface area contributed by atoms with Crippen LogP contribution in [0.4, 0.5) is 5.82 Å². The number of hydrogen-bond donors (Lipinski definition) is 1. The average Bonchev–Trinajstić information content (AvgIpc) is 3.02. The molecule has 1 atom stereocenters. The second-order valence-electron chi connectivity index (χ2n) is 6.85. The molecule has 3 heterocycles. The van der Waals surface area contributed by atoms with E-state index in [1.807, 2.05) is 19.1 Å². The van der Waals surface area contributed by atoms with Gasteiger partial charge in [0.1, 0.15) is 5.82 Å². The molecule has 6 nitrogen and oxygen atoms in total. The molecule has 130 valence electrons. The van der Waals surface area contributed by atoms with Crippen LogP contribution in [-0.4, -0.2) is 44.3 Å². The highest BCUT2D eigenvalue weighted by Gasteiger charge is 2.20. The number of anilines is 1. The molecule has 1 saturated heterocycles. The van der Waals surface area contributed by atoms with Crippen LogP contribution in [0, 0.1) is 12.8 Å². The summed E-state index contributed by atoms with van der Waals surface area (Å²) in [5.41, 5.74) is 2.18. The second-order valence-corrected chi connectivity index (χ2v) is 6.85. The van der Waals surface area contributed by atoms with Crippen LogP contribution in [0.2, 0.25) is 0 Å². The molecule has 0 spiro atoms. The molecule has 0 bridgehead atoms. The first-order valence-corrected chi connectivity index (χ1v) is 8.97. The molecule has 1 fully saturated rings. The maximum atomic E-state index is 4.57. The molecule has 1 aliphatic rings. The Labute approximate surface area is 147 Å². The minimum absolute atomic E-state index is 0.650. The largest absolute Gasteiger partial charge is 0.368 e. The molecule has 0 unspecified atom stereocenters. The predicted octanol–water partition coefficient (Wildman–Crippen LogP) is 2.76. The standard InChI is InChI=1S/C19H24N6/c1-15-21-22-19-10-9-18(23-25(15)19)20-12-17-8-5-11-24(14-17)13-16-6-3-2-4-7-16/h2-4,6-7,9-10,17H,5,8,11-14H2,1H3,(H,20,23)/t17-/m0/s1. The molecule has 0 radical (unpaired) electrons. The van der Waals surface area contributed by atoms with Crippen molar-refractivity contribution in [3.63, 3.8) is 0 Å². The summed E-state index contributed by atoms with van der Waals surface area (Å²) in [6.45, 7) is 6.23. The Morgan fingerprint density at radius 2 is 2.00 bits per heavy atom. The maximum Gasteiger partial charge on any atom is 0.178 e. The fourth-order valence-electron chi connectivity index (χ4n) is 3.54. The first-order chi connectivity index (χ1) is 12.3. The van der Waals surface area contributed by atoms with Crippen LogP contribution >= 0.6 is 0 Å². The van der Waals surface area contributed by atoms with Crippen LogP contribution in [0.5, 0.6) is 0 Å². The van der Waals surface area contributed by atoms with Gasteiger partial charge in [-0.1, -0.05) is 30.3 Å². The van der Waals surface area contributed by atoms with Crippen molar-refractivity contribution in [2.45, 2.75) is 26.3 Å².